The number of carbonyl (C=O) groups is 2. The van der Waals surface area contributed by atoms with Crippen LogP contribution in [-0.4, -0.2) is 74.3 Å². The number of nitrogens with zero attached hydrogens (tertiary/aromatic N) is 1. The van der Waals surface area contributed by atoms with Crippen LogP contribution in [0.25, 0.3) is 0 Å². The van der Waals surface area contributed by atoms with Crippen molar-refractivity contribution in [3.63, 3.8) is 0 Å². The van der Waals surface area contributed by atoms with Gasteiger partial charge in [0.2, 0.25) is 5.91 Å². The summed E-state index contributed by atoms with van der Waals surface area (Å²) < 4.78 is 30.7. The van der Waals surface area contributed by atoms with Gasteiger partial charge in [-0.15, -0.1) is 0 Å². The van der Waals surface area contributed by atoms with Gasteiger partial charge in [0.1, 0.15) is 19.3 Å². The SMILES string of the molecule is CC/C=C\C/C=C\C/C=C\C/C=C\C/C=C\C/C=C\CCCCC(=O)OC(/C=C/CCCCCCCCCCCCC)C(COP(=O)(O)OCC[N+](C)(C)C)NC(=O)CCCCCCC/C=C/CCCCCCCCC. The van der Waals surface area contributed by atoms with Crippen LogP contribution < -0.4 is 5.32 Å². The van der Waals surface area contributed by atoms with Crippen molar-refractivity contribution in [1.29, 1.82) is 0 Å². The summed E-state index contributed by atoms with van der Waals surface area (Å²) in [6.07, 6.45) is 74.0. The van der Waals surface area contributed by atoms with Gasteiger partial charge in [-0.05, 0) is 109 Å². The number of amides is 1. The highest BCUT2D eigenvalue weighted by Crippen LogP contribution is 2.43. The lowest BCUT2D eigenvalue weighted by atomic mass is 10.0. The smallest absolute Gasteiger partial charge is 0.456 e. The van der Waals surface area contributed by atoms with Crippen LogP contribution in [0.5, 0.6) is 0 Å². The molecule has 0 spiro atoms. The van der Waals surface area contributed by atoms with Gasteiger partial charge in [0.15, 0.2) is 0 Å². The van der Waals surface area contributed by atoms with E-state index in [0.29, 0.717) is 23.9 Å². The van der Waals surface area contributed by atoms with E-state index in [-0.39, 0.29) is 31.5 Å². The summed E-state index contributed by atoms with van der Waals surface area (Å²) in [7, 11) is 1.46. The quantitative estimate of drug-likeness (QED) is 0.0205. The molecule has 0 radical (unpaired) electrons. The molecule has 1 amide bonds. The highest BCUT2D eigenvalue weighted by molar-refractivity contribution is 7.47. The molecule has 0 aromatic carbocycles. The van der Waals surface area contributed by atoms with Gasteiger partial charge in [-0.1, -0.05) is 234 Å². The van der Waals surface area contributed by atoms with E-state index in [9.17, 15) is 19.0 Å². The number of quaternary nitrogens is 1. The van der Waals surface area contributed by atoms with Gasteiger partial charge < -0.3 is 19.4 Å². The first-order chi connectivity index (χ1) is 36.9. The third-order valence-electron chi connectivity index (χ3n) is 13.3. The number of hydrogen-bond donors (Lipinski definition) is 2. The Morgan fingerprint density at radius 3 is 1.29 bits per heavy atom. The summed E-state index contributed by atoms with van der Waals surface area (Å²) in [5.41, 5.74) is 0. The second kappa shape index (κ2) is 55.3. The van der Waals surface area contributed by atoms with Crippen LogP contribution in [0, 0.1) is 0 Å². The van der Waals surface area contributed by atoms with Gasteiger partial charge in [-0.25, -0.2) is 4.57 Å². The second-order valence-electron chi connectivity index (χ2n) is 21.8. The molecule has 9 nitrogen and oxygen atoms in total. The highest BCUT2D eigenvalue weighted by Gasteiger charge is 2.30. The Hall–Kier alpha value is -3.07. The van der Waals surface area contributed by atoms with Gasteiger partial charge in [-0.3, -0.25) is 18.6 Å². The molecule has 0 aliphatic rings. The topological polar surface area (TPSA) is 111 Å². The van der Waals surface area contributed by atoms with Gasteiger partial charge in [0, 0.05) is 12.8 Å². The van der Waals surface area contributed by atoms with Crippen LogP contribution in [0.4, 0.5) is 0 Å². The number of phosphoric acid groups is 1. The van der Waals surface area contributed by atoms with E-state index in [1.54, 1.807) is 0 Å². The van der Waals surface area contributed by atoms with Crippen molar-refractivity contribution < 1.29 is 37.3 Å². The second-order valence-corrected chi connectivity index (χ2v) is 23.3. The van der Waals surface area contributed by atoms with Gasteiger partial charge in [0.05, 0.1) is 33.8 Å². The minimum atomic E-state index is -4.47. The van der Waals surface area contributed by atoms with Crippen LogP contribution in [-0.2, 0) is 27.9 Å². The summed E-state index contributed by atoms with van der Waals surface area (Å²) in [5.74, 6) is -0.567. The first-order valence-corrected chi connectivity index (χ1v) is 32.6. The Balaban J connectivity index is 5.39. The molecule has 0 rings (SSSR count). The predicted molar refractivity (Wildman–Crippen MR) is 327 cm³/mol. The van der Waals surface area contributed by atoms with E-state index in [4.69, 9.17) is 13.8 Å². The van der Waals surface area contributed by atoms with Gasteiger partial charge in [0.25, 0.3) is 0 Å². The molecular weight excluding hydrogens is 964 g/mol. The molecule has 3 unspecified atom stereocenters. The molecule has 438 valence electrons. The first kappa shape index (κ1) is 72.9. The first-order valence-electron chi connectivity index (χ1n) is 31.1. The molecular formula is C66H118N2O7P+. The fourth-order valence-electron chi connectivity index (χ4n) is 8.47. The van der Waals surface area contributed by atoms with Crippen LogP contribution in [0.3, 0.4) is 0 Å². The van der Waals surface area contributed by atoms with Gasteiger partial charge in [-0.2, -0.15) is 0 Å². The molecule has 0 aromatic heterocycles. The number of esters is 1. The molecule has 0 aromatic rings. The number of rotatable bonds is 55. The Kier molecular flexibility index (Phi) is 53.0. The van der Waals surface area contributed by atoms with E-state index in [1.807, 2.05) is 33.3 Å². The average Bonchev–Trinajstić information content (AvgIpc) is 3.38. The molecule has 76 heavy (non-hydrogen) atoms. The fraction of sp³-hybridized carbons (Fsp3) is 0.727. The summed E-state index contributed by atoms with van der Waals surface area (Å²) in [5, 5.41) is 3.04. The standard InChI is InChI=1S/C66H117N2O7P/c1-7-10-13-16-19-22-25-28-30-32-33-34-35-36-38-41-44-47-50-53-56-59-66(70)75-64(57-54-51-48-45-42-39-27-24-21-18-15-12-9-3)63(62-74-76(71,72)73-61-60-68(4,5)6)67-65(69)58-55-52-49-46-43-40-37-31-29-26-23-20-17-14-11-8-2/h10,13,19,22,28,30-31,33-34,36-38,44,47,54,57,63-64H,7-9,11-12,14-18,20-21,23-27,29,32,35,39-43,45-46,48-53,55-56,58-62H2,1-6H3,(H-,67,69,71,72)/p+1/b13-10-,22-19-,30-28-,34-33-,37-31+,38-36-,47-44-,57-54+. The van der Waals surface area contributed by atoms with E-state index in [1.165, 1.54) is 109 Å². The van der Waals surface area contributed by atoms with Crippen molar-refractivity contribution in [3.05, 3.63) is 97.2 Å². The van der Waals surface area contributed by atoms with E-state index in [0.717, 1.165) is 109 Å². The third-order valence-corrected chi connectivity index (χ3v) is 14.2. The summed E-state index contributed by atoms with van der Waals surface area (Å²) in [6.45, 7) is 6.86. The van der Waals surface area contributed by atoms with Crippen LogP contribution in [0.1, 0.15) is 258 Å². The molecule has 0 aliphatic heterocycles. The zero-order valence-electron chi connectivity index (χ0n) is 50.0. The number of carbonyl (C=O) groups excluding carboxylic acids is 2. The third kappa shape index (κ3) is 55.7. The minimum Gasteiger partial charge on any atom is -0.456 e. The lowest BCUT2D eigenvalue weighted by molar-refractivity contribution is -0.870. The lowest BCUT2D eigenvalue weighted by Gasteiger charge is -2.27. The molecule has 0 fully saturated rings. The monoisotopic (exact) mass is 1080 g/mol. The fourth-order valence-corrected chi connectivity index (χ4v) is 9.20. The van der Waals surface area contributed by atoms with Crippen molar-refractivity contribution in [2.24, 2.45) is 0 Å². The molecule has 0 heterocycles. The Morgan fingerprint density at radius 2 is 0.842 bits per heavy atom. The van der Waals surface area contributed by atoms with Crippen LogP contribution in [0.15, 0.2) is 97.2 Å². The van der Waals surface area contributed by atoms with E-state index in [2.05, 4.69) is 111 Å². The summed E-state index contributed by atoms with van der Waals surface area (Å²) in [6, 6.07) is -0.876. The zero-order chi connectivity index (χ0) is 55.7. The van der Waals surface area contributed by atoms with Crippen molar-refractivity contribution >= 4 is 19.7 Å². The van der Waals surface area contributed by atoms with E-state index < -0.39 is 20.0 Å². The number of ether oxygens (including phenoxy) is 1. The number of nitrogens with one attached hydrogen (secondary N) is 1. The molecule has 3 atom stereocenters. The van der Waals surface area contributed by atoms with Crippen molar-refractivity contribution in [2.75, 3.05) is 40.9 Å². The maximum Gasteiger partial charge on any atom is 0.472 e. The van der Waals surface area contributed by atoms with Crippen LogP contribution in [0.2, 0.25) is 0 Å². The molecule has 10 heteroatoms. The maximum atomic E-state index is 13.5. The zero-order valence-corrected chi connectivity index (χ0v) is 50.9. The van der Waals surface area contributed by atoms with E-state index >= 15 is 0 Å². The Bertz CT molecular complexity index is 1620. The molecule has 0 saturated heterocycles. The van der Waals surface area contributed by atoms with Crippen LogP contribution >= 0.6 is 7.82 Å². The Morgan fingerprint density at radius 1 is 0.474 bits per heavy atom. The number of phosphoric ester groups is 1. The summed E-state index contributed by atoms with van der Waals surface area (Å²) in [4.78, 5) is 37.7. The molecule has 0 bridgehead atoms. The van der Waals surface area contributed by atoms with Gasteiger partial charge >= 0.3 is 13.8 Å². The maximum absolute atomic E-state index is 13.5. The predicted octanol–water partition coefficient (Wildman–Crippen LogP) is 19.2. The number of allylic oxidation sites excluding steroid dienone is 15. The lowest BCUT2D eigenvalue weighted by Crippen LogP contribution is -2.47. The van der Waals surface area contributed by atoms with Crippen molar-refractivity contribution in [1.82, 2.24) is 5.32 Å². The Labute approximate surface area is 468 Å². The number of likely N-dealkylation sites (N-methyl/N-ethyl adjacent to an activating group) is 1. The number of unbranched alkanes of at least 4 members (excludes halogenated alkanes) is 25. The van der Waals surface area contributed by atoms with Crippen molar-refractivity contribution in [2.45, 2.75) is 270 Å². The molecule has 0 aliphatic carbocycles. The highest BCUT2D eigenvalue weighted by atomic mass is 31.2. The summed E-state index contributed by atoms with van der Waals surface area (Å²) >= 11 is 0. The largest absolute Gasteiger partial charge is 0.472 e. The normalized spacial score (nSPS) is 14.4. The average molecular weight is 1080 g/mol. The number of hydrogen-bond acceptors (Lipinski definition) is 6. The van der Waals surface area contributed by atoms with Crippen molar-refractivity contribution in [3.8, 4) is 0 Å². The molecule has 0 saturated carbocycles. The minimum absolute atomic E-state index is 0.0275. The molecule has 2 N–H and O–H groups in total.